The lowest BCUT2D eigenvalue weighted by atomic mass is 10.1. The summed E-state index contributed by atoms with van der Waals surface area (Å²) in [6.07, 6.45) is 0. The van der Waals surface area contributed by atoms with Gasteiger partial charge in [0.05, 0.1) is 11.3 Å². The van der Waals surface area contributed by atoms with E-state index in [9.17, 15) is 9.18 Å². The van der Waals surface area contributed by atoms with Crippen LogP contribution in [0.2, 0.25) is 0 Å². The molecule has 1 aromatic heterocycles. The van der Waals surface area contributed by atoms with Gasteiger partial charge in [0, 0.05) is 5.56 Å². The monoisotopic (exact) mass is 261 g/mol. The fraction of sp³-hybridized carbons (Fsp3) is 0.267. The van der Waals surface area contributed by atoms with Crippen molar-refractivity contribution in [1.82, 2.24) is 0 Å². The number of hydrogen-bond donors (Lipinski definition) is 1. The molecule has 1 N–H and O–H groups in total. The molecule has 0 atom stereocenters. The van der Waals surface area contributed by atoms with Gasteiger partial charge >= 0.3 is 0 Å². The summed E-state index contributed by atoms with van der Waals surface area (Å²) in [5.41, 5.74) is 2.23. The highest BCUT2D eigenvalue weighted by Gasteiger charge is 2.19. The van der Waals surface area contributed by atoms with Crippen LogP contribution in [0.3, 0.4) is 0 Å². The third-order valence-electron chi connectivity index (χ3n) is 3.16. The Balaban J connectivity index is 2.31. The summed E-state index contributed by atoms with van der Waals surface area (Å²) in [6.45, 7) is 7.13. The number of amides is 1. The molecule has 1 heterocycles. The van der Waals surface area contributed by atoms with Crippen LogP contribution in [0.4, 0.5) is 10.1 Å². The second kappa shape index (κ2) is 4.88. The first-order valence-electron chi connectivity index (χ1n) is 6.04. The average Bonchev–Trinajstić information content (AvgIpc) is 2.57. The molecule has 0 bridgehead atoms. The second-order valence-corrected chi connectivity index (χ2v) is 4.65. The predicted octanol–water partition coefficient (Wildman–Crippen LogP) is 3.90. The maximum absolute atomic E-state index is 13.7. The van der Waals surface area contributed by atoms with Crippen molar-refractivity contribution >= 4 is 11.6 Å². The first-order chi connectivity index (χ1) is 8.90. The van der Waals surface area contributed by atoms with Crippen LogP contribution in [0, 0.1) is 33.5 Å². The molecule has 0 fully saturated rings. The van der Waals surface area contributed by atoms with E-state index in [0.29, 0.717) is 17.1 Å². The van der Waals surface area contributed by atoms with E-state index in [-0.39, 0.29) is 11.6 Å². The molecular weight excluding hydrogens is 245 g/mol. The molecule has 0 spiro atoms. The van der Waals surface area contributed by atoms with Crippen LogP contribution in [0.5, 0.6) is 0 Å². The van der Waals surface area contributed by atoms with Crippen LogP contribution in [-0.2, 0) is 0 Å². The Morgan fingerprint density at radius 2 is 1.84 bits per heavy atom. The zero-order chi connectivity index (χ0) is 14.2. The van der Waals surface area contributed by atoms with Crippen molar-refractivity contribution in [2.75, 3.05) is 5.32 Å². The van der Waals surface area contributed by atoms with Crippen molar-refractivity contribution < 1.29 is 13.6 Å². The summed E-state index contributed by atoms with van der Waals surface area (Å²) in [7, 11) is 0. The fourth-order valence-electron chi connectivity index (χ4n) is 2.03. The smallest absolute Gasteiger partial charge is 0.259 e. The number of carbonyl (C=O) groups is 1. The molecule has 0 aliphatic rings. The van der Waals surface area contributed by atoms with Crippen LogP contribution in [0.25, 0.3) is 0 Å². The molecule has 2 rings (SSSR count). The second-order valence-electron chi connectivity index (χ2n) is 4.65. The average molecular weight is 261 g/mol. The van der Waals surface area contributed by atoms with Crippen molar-refractivity contribution in [2.24, 2.45) is 0 Å². The van der Waals surface area contributed by atoms with Gasteiger partial charge in [0.1, 0.15) is 17.3 Å². The molecule has 3 nitrogen and oxygen atoms in total. The summed E-state index contributed by atoms with van der Waals surface area (Å²) < 4.78 is 19.1. The maximum Gasteiger partial charge on any atom is 0.259 e. The van der Waals surface area contributed by atoms with Crippen molar-refractivity contribution in [3.63, 3.8) is 0 Å². The zero-order valence-corrected chi connectivity index (χ0v) is 11.4. The van der Waals surface area contributed by atoms with Crippen LogP contribution in [0.1, 0.15) is 33.0 Å². The van der Waals surface area contributed by atoms with E-state index >= 15 is 0 Å². The standard InChI is InChI=1S/C15H16FNO2/c1-8-5-6-13(12(16)7-8)17-15(18)14-9(2)10(3)19-11(14)4/h5-7H,1-4H3,(H,17,18). The lowest BCUT2D eigenvalue weighted by Crippen LogP contribution is -2.14. The van der Waals surface area contributed by atoms with Crippen molar-refractivity contribution in [3.05, 3.63) is 52.2 Å². The van der Waals surface area contributed by atoms with Crippen molar-refractivity contribution in [3.8, 4) is 0 Å². The molecule has 2 aromatic rings. The van der Waals surface area contributed by atoms with Crippen molar-refractivity contribution in [1.29, 1.82) is 0 Å². The SMILES string of the molecule is Cc1ccc(NC(=O)c2c(C)oc(C)c2C)c(F)c1. The minimum atomic E-state index is -0.441. The van der Waals surface area contributed by atoms with E-state index in [1.54, 1.807) is 32.9 Å². The molecule has 0 aliphatic heterocycles. The lowest BCUT2D eigenvalue weighted by Gasteiger charge is -2.07. The molecule has 1 aromatic carbocycles. The minimum absolute atomic E-state index is 0.174. The van der Waals surface area contributed by atoms with Gasteiger partial charge in [-0.2, -0.15) is 0 Å². The first-order valence-corrected chi connectivity index (χ1v) is 6.04. The largest absolute Gasteiger partial charge is 0.466 e. The van der Waals surface area contributed by atoms with E-state index in [4.69, 9.17) is 4.42 Å². The van der Waals surface area contributed by atoms with E-state index in [0.717, 1.165) is 11.1 Å². The molecule has 100 valence electrons. The highest BCUT2D eigenvalue weighted by Crippen LogP contribution is 2.23. The summed E-state index contributed by atoms with van der Waals surface area (Å²) in [6, 6.07) is 4.69. The molecule has 0 radical (unpaired) electrons. The van der Waals surface area contributed by atoms with Crippen LogP contribution < -0.4 is 5.32 Å². The number of rotatable bonds is 2. The summed E-state index contributed by atoms with van der Waals surface area (Å²) in [5.74, 6) is 0.450. The normalized spacial score (nSPS) is 10.6. The molecule has 0 aliphatic carbocycles. The molecule has 4 heteroatoms. The molecule has 19 heavy (non-hydrogen) atoms. The number of aryl methyl sites for hydroxylation is 3. The third kappa shape index (κ3) is 2.52. The van der Waals surface area contributed by atoms with Crippen LogP contribution in [0.15, 0.2) is 22.6 Å². The number of hydrogen-bond acceptors (Lipinski definition) is 2. The van der Waals surface area contributed by atoms with E-state index in [1.165, 1.54) is 6.07 Å². The number of nitrogens with one attached hydrogen (secondary N) is 1. The fourth-order valence-corrected chi connectivity index (χ4v) is 2.03. The summed E-state index contributed by atoms with van der Waals surface area (Å²) in [5, 5.41) is 2.57. The number of halogens is 1. The predicted molar refractivity (Wildman–Crippen MR) is 72.0 cm³/mol. The van der Waals surface area contributed by atoms with E-state index < -0.39 is 5.82 Å². The van der Waals surface area contributed by atoms with E-state index in [2.05, 4.69) is 5.32 Å². The van der Waals surface area contributed by atoms with Gasteiger partial charge < -0.3 is 9.73 Å². The highest BCUT2D eigenvalue weighted by molar-refractivity contribution is 6.06. The molecule has 0 unspecified atom stereocenters. The van der Waals surface area contributed by atoms with Gasteiger partial charge in [-0.05, 0) is 45.4 Å². The van der Waals surface area contributed by atoms with Gasteiger partial charge in [-0.3, -0.25) is 4.79 Å². The lowest BCUT2D eigenvalue weighted by molar-refractivity contribution is 0.102. The zero-order valence-electron chi connectivity index (χ0n) is 11.4. The first kappa shape index (κ1) is 13.3. The molecular formula is C15H16FNO2. The van der Waals surface area contributed by atoms with Gasteiger partial charge in [0.25, 0.3) is 5.91 Å². The Labute approximate surface area is 111 Å². The number of carbonyl (C=O) groups excluding carboxylic acids is 1. The Hall–Kier alpha value is -2.10. The van der Waals surface area contributed by atoms with Gasteiger partial charge in [0.2, 0.25) is 0 Å². The van der Waals surface area contributed by atoms with Crippen LogP contribution >= 0.6 is 0 Å². The summed E-state index contributed by atoms with van der Waals surface area (Å²) >= 11 is 0. The Morgan fingerprint density at radius 3 is 2.37 bits per heavy atom. The van der Waals surface area contributed by atoms with Crippen molar-refractivity contribution in [2.45, 2.75) is 27.7 Å². The quantitative estimate of drug-likeness (QED) is 0.890. The van der Waals surface area contributed by atoms with Gasteiger partial charge in [-0.1, -0.05) is 6.07 Å². The Bertz CT molecular complexity index is 644. The third-order valence-corrected chi connectivity index (χ3v) is 3.16. The topological polar surface area (TPSA) is 42.2 Å². The summed E-state index contributed by atoms with van der Waals surface area (Å²) in [4.78, 5) is 12.2. The van der Waals surface area contributed by atoms with Crippen LogP contribution in [-0.4, -0.2) is 5.91 Å². The number of furan rings is 1. The highest BCUT2D eigenvalue weighted by atomic mass is 19.1. The maximum atomic E-state index is 13.7. The van der Waals surface area contributed by atoms with Gasteiger partial charge in [-0.25, -0.2) is 4.39 Å². The van der Waals surface area contributed by atoms with E-state index in [1.807, 2.05) is 6.92 Å². The van der Waals surface area contributed by atoms with Gasteiger partial charge in [0.15, 0.2) is 0 Å². The number of benzene rings is 1. The molecule has 0 saturated heterocycles. The Kier molecular flexibility index (Phi) is 3.42. The van der Waals surface area contributed by atoms with Gasteiger partial charge in [-0.15, -0.1) is 0 Å². The molecule has 1 amide bonds. The minimum Gasteiger partial charge on any atom is -0.466 e. The Morgan fingerprint density at radius 1 is 1.16 bits per heavy atom. The molecule has 0 saturated carbocycles. The number of anilines is 1.